The van der Waals surface area contributed by atoms with Gasteiger partial charge in [-0.15, -0.1) is 0 Å². The fourth-order valence-corrected chi connectivity index (χ4v) is 3.26. The van der Waals surface area contributed by atoms with E-state index in [0.29, 0.717) is 6.04 Å². The first-order valence-electron chi connectivity index (χ1n) is 6.88. The molecule has 0 bridgehead atoms. The molecule has 4 nitrogen and oxygen atoms in total. The molecule has 0 radical (unpaired) electrons. The summed E-state index contributed by atoms with van der Waals surface area (Å²) in [5, 5.41) is 3.26. The van der Waals surface area contributed by atoms with E-state index in [1.54, 1.807) is 14.2 Å². The SMILES string of the molecule is CNC(C)c1ccc(N2CC(OC)C(OC)C2)c(Br)c1. The van der Waals surface area contributed by atoms with Crippen LogP contribution in [0.3, 0.4) is 0 Å². The van der Waals surface area contributed by atoms with Crippen molar-refractivity contribution >= 4 is 21.6 Å². The first kappa shape index (κ1) is 15.8. The van der Waals surface area contributed by atoms with E-state index in [-0.39, 0.29) is 12.2 Å². The molecule has 20 heavy (non-hydrogen) atoms. The predicted molar refractivity (Wildman–Crippen MR) is 85.4 cm³/mol. The van der Waals surface area contributed by atoms with E-state index in [1.165, 1.54) is 11.3 Å². The van der Waals surface area contributed by atoms with Gasteiger partial charge in [0.25, 0.3) is 0 Å². The molecule has 5 heteroatoms. The number of halogens is 1. The van der Waals surface area contributed by atoms with Gasteiger partial charge in [0.15, 0.2) is 0 Å². The summed E-state index contributed by atoms with van der Waals surface area (Å²) in [4.78, 5) is 2.31. The molecule has 1 aliphatic heterocycles. The van der Waals surface area contributed by atoms with Crippen molar-refractivity contribution in [1.29, 1.82) is 0 Å². The van der Waals surface area contributed by atoms with Gasteiger partial charge in [0.1, 0.15) is 12.2 Å². The largest absolute Gasteiger partial charge is 0.377 e. The maximum absolute atomic E-state index is 5.49. The molecule has 1 N–H and O–H groups in total. The molecule has 1 saturated heterocycles. The fourth-order valence-electron chi connectivity index (χ4n) is 2.61. The number of anilines is 1. The number of hydrogen-bond acceptors (Lipinski definition) is 4. The van der Waals surface area contributed by atoms with Crippen LogP contribution in [-0.4, -0.2) is 46.6 Å². The average molecular weight is 343 g/mol. The van der Waals surface area contributed by atoms with E-state index in [2.05, 4.69) is 51.3 Å². The van der Waals surface area contributed by atoms with Crippen LogP contribution in [0.15, 0.2) is 22.7 Å². The van der Waals surface area contributed by atoms with Crippen molar-refractivity contribution in [1.82, 2.24) is 5.32 Å². The molecule has 0 spiro atoms. The molecular formula is C15H23BrN2O2. The molecule has 1 aromatic rings. The number of methoxy groups -OCH3 is 2. The molecule has 2 rings (SSSR count). The van der Waals surface area contributed by atoms with Crippen molar-refractivity contribution in [3.05, 3.63) is 28.2 Å². The number of nitrogens with one attached hydrogen (secondary N) is 1. The van der Waals surface area contributed by atoms with E-state index in [0.717, 1.165) is 17.6 Å². The van der Waals surface area contributed by atoms with Crippen molar-refractivity contribution in [2.24, 2.45) is 0 Å². The quantitative estimate of drug-likeness (QED) is 0.891. The third kappa shape index (κ3) is 3.17. The molecule has 3 unspecified atom stereocenters. The first-order chi connectivity index (χ1) is 9.60. The van der Waals surface area contributed by atoms with Gasteiger partial charge in [0.05, 0.1) is 5.69 Å². The van der Waals surface area contributed by atoms with E-state index < -0.39 is 0 Å². The summed E-state index contributed by atoms with van der Waals surface area (Å²) < 4.78 is 12.1. The average Bonchev–Trinajstić information content (AvgIpc) is 2.89. The number of hydrogen-bond donors (Lipinski definition) is 1. The molecule has 0 amide bonds. The van der Waals surface area contributed by atoms with Gasteiger partial charge in [0, 0.05) is 37.8 Å². The van der Waals surface area contributed by atoms with Crippen LogP contribution in [0.25, 0.3) is 0 Å². The Hall–Kier alpha value is -0.620. The van der Waals surface area contributed by atoms with Crippen LogP contribution >= 0.6 is 15.9 Å². The summed E-state index contributed by atoms with van der Waals surface area (Å²) in [6, 6.07) is 6.86. The second-order valence-corrected chi connectivity index (χ2v) is 6.03. The third-order valence-corrected chi connectivity index (χ3v) is 4.70. The molecule has 3 atom stereocenters. The molecule has 0 aromatic heterocycles. The topological polar surface area (TPSA) is 33.7 Å². The summed E-state index contributed by atoms with van der Waals surface area (Å²) in [5.41, 5.74) is 2.47. The molecule has 1 aliphatic rings. The zero-order valence-corrected chi connectivity index (χ0v) is 14.1. The van der Waals surface area contributed by atoms with Gasteiger partial charge in [-0.05, 0) is 47.6 Å². The lowest BCUT2D eigenvalue weighted by Crippen LogP contribution is -2.27. The zero-order chi connectivity index (χ0) is 14.7. The lowest BCUT2D eigenvalue weighted by Gasteiger charge is -2.21. The Morgan fingerprint density at radius 2 is 1.85 bits per heavy atom. The minimum absolute atomic E-state index is 0.128. The van der Waals surface area contributed by atoms with Crippen molar-refractivity contribution in [2.75, 3.05) is 39.3 Å². The van der Waals surface area contributed by atoms with E-state index in [4.69, 9.17) is 9.47 Å². The monoisotopic (exact) mass is 342 g/mol. The molecule has 0 aliphatic carbocycles. The Morgan fingerprint density at radius 1 is 1.25 bits per heavy atom. The number of nitrogens with zero attached hydrogens (tertiary/aromatic N) is 1. The normalized spacial score (nSPS) is 24.1. The molecular weight excluding hydrogens is 320 g/mol. The van der Waals surface area contributed by atoms with Crippen molar-refractivity contribution in [2.45, 2.75) is 25.2 Å². The van der Waals surface area contributed by atoms with Gasteiger partial charge in [-0.1, -0.05) is 6.07 Å². The Balaban J connectivity index is 2.18. The second-order valence-electron chi connectivity index (χ2n) is 5.17. The second kappa shape index (κ2) is 6.89. The van der Waals surface area contributed by atoms with Gasteiger partial charge >= 0.3 is 0 Å². The first-order valence-corrected chi connectivity index (χ1v) is 7.67. The standard InChI is InChI=1S/C15H23BrN2O2/c1-10(17-2)11-5-6-13(12(16)7-11)18-8-14(19-3)15(9-18)20-4/h5-7,10,14-15,17H,8-9H2,1-4H3. The highest BCUT2D eigenvalue weighted by Gasteiger charge is 2.33. The number of rotatable bonds is 5. The van der Waals surface area contributed by atoms with Crippen LogP contribution in [0, 0.1) is 0 Å². The van der Waals surface area contributed by atoms with Crippen LogP contribution in [0.5, 0.6) is 0 Å². The maximum atomic E-state index is 5.49. The summed E-state index contributed by atoms with van der Waals surface area (Å²) in [6.45, 7) is 3.86. The molecule has 112 valence electrons. The van der Waals surface area contributed by atoms with Gasteiger partial charge < -0.3 is 19.7 Å². The summed E-state index contributed by atoms with van der Waals surface area (Å²) in [6.07, 6.45) is 0.255. The molecule has 0 saturated carbocycles. The number of ether oxygens (including phenoxy) is 2. The molecule has 1 fully saturated rings. The summed E-state index contributed by atoms with van der Waals surface area (Å²) in [5.74, 6) is 0. The highest BCUT2D eigenvalue weighted by molar-refractivity contribution is 9.10. The highest BCUT2D eigenvalue weighted by Crippen LogP contribution is 2.32. The molecule has 1 aromatic carbocycles. The predicted octanol–water partition coefficient (Wildman–Crippen LogP) is 2.58. The van der Waals surface area contributed by atoms with Crippen LogP contribution < -0.4 is 10.2 Å². The van der Waals surface area contributed by atoms with Gasteiger partial charge in [-0.25, -0.2) is 0 Å². The zero-order valence-electron chi connectivity index (χ0n) is 12.5. The van der Waals surface area contributed by atoms with E-state index in [1.807, 2.05) is 7.05 Å². The smallest absolute Gasteiger partial charge is 0.102 e. The van der Waals surface area contributed by atoms with E-state index in [9.17, 15) is 0 Å². The van der Waals surface area contributed by atoms with Crippen LogP contribution in [0.2, 0.25) is 0 Å². The lowest BCUT2D eigenvalue weighted by atomic mass is 10.1. The van der Waals surface area contributed by atoms with Crippen molar-refractivity contribution in [3.63, 3.8) is 0 Å². The van der Waals surface area contributed by atoms with Gasteiger partial charge in [0.2, 0.25) is 0 Å². The maximum Gasteiger partial charge on any atom is 0.102 e. The third-order valence-electron chi connectivity index (χ3n) is 4.07. The Morgan fingerprint density at radius 3 is 2.30 bits per heavy atom. The Bertz CT molecular complexity index is 443. The highest BCUT2D eigenvalue weighted by atomic mass is 79.9. The van der Waals surface area contributed by atoms with Gasteiger partial charge in [-0.2, -0.15) is 0 Å². The fraction of sp³-hybridized carbons (Fsp3) is 0.600. The van der Waals surface area contributed by atoms with Crippen LogP contribution in [0.1, 0.15) is 18.5 Å². The Kier molecular flexibility index (Phi) is 5.43. The van der Waals surface area contributed by atoms with Crippen LogP contribution in [-0.2, 0) is 9.47 Å². The minimum Gasteiger partial charge on any atom is -0.377 e. The summed E-state index contributed by atoms with van der Waals surface area (Å²) >= 11 is 3.69. The number of benzene rings is 1. The molecule has 1 heterocycles. The van der Waals surface area contributed by atoms with Crippen LogP contribution in [0.4, 0.5) is 5.69 Å². The lowest BCUT2D eigenvalue weighted by molar-refractivity contribution is -0.00461. The minimum atomic E-state index is 0.128. The van der Waals surface area contributed by atoms with Gasteiger partial charge in [-0.3, -0.25) is 0 Å². The summed E-state index contributed by atoms with van der Waals surface area (Å²) in [7, 11) is 5.46. The Labute approximate surface area is 129 Å². The van der Waals surface area contributed by atoms with Crippen molar-refractivity contribution < 1.29 is 9.47 Å². The van der Waals surface area contributed by atoms with E-state index >= 15 is 0 Å². The van der Waals surface area contributed by atoms with Crippen molar-refractivity contribution in [3.8, 4) is 0 Å².